The van der Waals surface area contributed by atoms with Crippen LogP contribution in [0.15, 0.2) is 48.1 Å². The molecule has 3 N–H and O–H groups in total. The smallest absolute Gasteiger partial charge is 0.320 e. The van der Waals surface area contributed by atoms with E-state index in [0.717, 1.165) is 6.42 Å². The van der Waals surface area contributed by atoms with E-state index in [4.69, 9.17) is 15.6 Å². The van der Waals surface area contributed by atoms with Gasteiger partial charge in [0.1, 0.15) is 6.04 Å². The van der Waals surface area contributed by atoms with Gasteiger partial charge in [-0.15, -0.1) is 0 Å². The van der Waals surface area contributed by atoms with Crippen LogP contribution in [0.3, 0.4) is 0 Å². The van der Waals surface area contributed by atoms with Crippen LogP contribution in [0.4, 0.5) is 0 Å². The molecule has 0 spiro atoms. The summed E-state index contributed by atoms with van der Waals surface area (Å²) in [7, 11) is 1.61. The first kappa shape index (κ1) is 16.5. The topological polar surface area (TPSA) is 72.6 Å². The molecule has 0 aromatic heterocycles. The standard InChI is InChI=1S/C18H23NO3/c1-3-13-11-18(22-2,12-16(19)17(20)21)10-9-15(13)14-7-5-4-6-8-14/h4-10,16H,3,11-12,19H2,1-2H3,(H,20,21). The van der Waals surface area contributed by atoms with Gasteiger partial charge in [0.05, 0.1) is 5.60 Å². The lowest BCUT2D eigenvalue weighted by Gasteiger charge is -2.35. The molecule has 0 radical (unpaired) electrons. The highest BCUT2D eigenvalue weighted by molar-refractivity contribution is 5.78. The Labute approximate surface area is 131 Å². The molecule has 2 atom stereocenters. The second kappa shape index (κ2) is 6.90. The van der Waals surface area contributed by atoms with Gasteiger partial charge in [-0.1, -0.05) is 55.0 Å². The molecule has 22 heavy (non-hydrogen) atoms. The first-order valence-electron chi connectivity index (χ1n) is 7.51. The first-order valence-corrected chi connectivity index (χ1v) is 7.51. The normalized spacial score (nSPS) is 22.7. The number of carboxylic acids is 1. The van der Waals surface area contributed by atoms with Gasteiger partial charge in [-0.2, -0.15) is 0 Å². The quantitative estimate of drug-likeness (QED) is 0.847. The van der Waals surface area contributed by atoms with Crippen molar-refractivity contribution in [2.24, 2.45) is 5.73 Å². The third-order valence-corrected chi connectivity index (χ3v) is 4.25. The molecule has 0 saturated carbocycles. The summed E-state index contributed by atoms with van der Waals surface area (Å²) in [6.45, 7) is 2.11. The third kappa shape index (κ3) is 3.46. The Morgan fingerprint density at radius 1 is 1.41 bits per heavy atom. The van der Waals surface area contributed by atoms with Crippen LogP contribution in [0.25, 0.3) is 5.57 Å². The number of hydrogen-bond acceptors (Lipinski definition) is 3. The molecule has 4 nitrogen and oxygen atoms in total. The number of ether oxygens (including phenoxy) is 1. The molecule has 1 aliphatic carbocycles. The number of carboxylic acid groups (broad SMARTS) is 1. The fraction of sp³-hybridized carbons (Fsp3) is 0.389. The van der Waals surface area contributed by atoms with E-state index in [0.29, 0.717) is 6.42 Å². The number of nitrogens with two attached hydrogens (primary N) is 1. The molecule has 118 valence electrons. The summed E-state index contributed by atoms with van der Waals surface area (Å²) in [5.41, 5.74) is 8.69. The Bertz CT molecular complexity index is 592. The van der Waals surface area contributed by atoms with Crippen LogP contribution >= 0.6 is 0 Å². The minimum absolute atomic E-state index is 0.265. The Hall–Kier alpha value is -1.91. The van der Waals surface area contributed by atoms with E-state index < -0.39 is 17.6 Å². The average Bonchev–Trinajstić information content (AvgIpc) is 2.55. The Kier molecular flexibility index (Phi) is 5.16. The minimum atomic E-state index is -0.999. The zero-order chi connectivity index (χ0) is 16.2. The maximum Gasteiger partial charge on any atom is 0.320 e. The summed E-state index contributed by atoms with van der Waals surface area (Å²) >= 11 is 0. The predicted octanol–water partition coefficient (Wildman–Crippen LogP) is 3.00. The largest absolute Gasteiger partial charge is 0.480 e. The zero-order valence-electron chi connectivity index (χ0n) is 13.1. The van der Waals surface area contributed by atoms with Crippen LogP contribution in [-0.2, 0) is 9.53 Å². The second-order valence-electron chi connectivity index (χ2n) is 5.66. The summed E-state index contributed by atoms with van der Waals surface area (Å²) in [5.74, 6) is -0.999. The average molecular weight is 301 g/mol. The van der Waals surface area contributed by atoms with Crippen LogP contribution < -0.4 is 5.73 Å². The highest BCUT2D eigenvalue weighted by atomic mass is 16.5. The number of aliphatic carboxylic acids is 1. The predicted molar refractivity (Wildman–Crippen MR) is 87.4 cm³/mol. The van der Waals surface area contributed by atoms with E-state index >= 15 is 0 Å². The van der Waals surface area contributed by atoms with Crippen LogP contribution in [0.5, 0.6) is 0 Å². The van der Waals surface area contributed by atoms with E-state index in [2.05, 4.69) is 19.1 Å². The molecule has 0 saturated heterocycles. The van der Waals surface area contributed by atoms with Crippen molar-refractivity contribution in [1.29, 1.82) is 0 Å². The van der Waals surface area contributed by atoms with Crippen molar-refractivity contribution in [2.75, 3.05) is 7.11 Å². The fourth-order valence-electron chi connectivity index (χ4n) is 2.93. The summed E-state index contributed by atoms with van der Waals surface area (Å²) in [6.07, 6.45) is 5.82. The van der Waals surface area contributed by atoms with Crippen molar-refractivity contribution in [3.05, 3.63) is 53.6 Å². The number of carbonyl (C=O) groups is 1. The van der Waals surface area contributed by atoms with E-state index in [9.17, 15) is 4.79 Å². The van der Waals surface area contributed by atoms with Crippen molar-refractivity contribution >= 4 is 11.5 Å². The zero-order valence-corrected chi connectivity index (χ0v) is 13.1. The van der Waals surface area contributed by atoms with E-state index in [-0.39, 0.29) is 6.42 Å². The van der Waals surface area contributed by atoms with Crippen molar-refractivity contribution in [3.8, 4) is 0 Å². The van der Waals surface area contributed by atoms with Gasteiger partial charge in [0.25, 0.3) is 0 Å². The molecule has 0 fully saturated rings. The number of methoxy groups -OCH3 is 1. The number of rotatable bonds is 6. The second-order valence-corrected chi connectivity index (χ2v) is 5.66. The van der Waals surface area contributed by atoms with Gasteiger partial charge in [0.2, 0.25) is 0 Å². The molecule has 0 heterocycles. The summed E-state index contributed by atoms with van der Waals surface area (Å²) in [4.78, 5) is 11.1. The van der Waals surface area contributed by atoms with Crippen LogP contribution in [0, 0.1) is 0 Å². The van der Waals surface area contributed by atoms with Crippen LogP contribution in [-0.4, -0.2) is 29.8 Å². The highest BCUT2D eigenvalue weighted by Crippen LogP contribution is 2.38. The molecule has 0 aliphatic heterocycles. The first-order chi connectivity index (χ1) is 10.5. The van der Waals surface area contributed by atoms with Crippen LogP contribution in [0.1, 0.15) is 31.7 Å². The molecule has 1 aromatic rings. The Morgan fingerprint density at radius 3 is 2.64 bits per heavy atom. The Morgan fingerprint density at radius 2 is 2.09 bits per heavy atom. The number of allylic oxidation sites excluding steroid dienone is 2. The maximum atomic E-state index is 11.1. The molecule has 4 heteroatoms. The molecule has 0 bridgehead atoms. The molecular formula is C18H23NO3. The lowest BCUT2D eigenvalue weighted by atomic mass is 9.79. The molecule has 1 aromatic carbocycles. The van der Waals surface area contributed by atoms with Gasteiger partial charge >= 0.3 is 5.97 Å². The van der Waals surface area contributed by atoms with Gasteiger partial charge < -0.3 is 15.6 Å². The van der Waals surface area contributed by atoms with E-state index in [1.165, 1.54) is 16.7 Å². The van der Waals surface area contributed by atoms with E-state index in [1.54, 1.807) is 7.11 Å². The maximum absolute atomic E-state index is 11.1. The number of hydrogen-bond donors (Lipinski definition) is 2. The molecule has 2 rings (SSSR count). The molecular weight excluding hydrogens is 278 g/mol. The third-order valence-electron chi connectivity index (χ3n) is 4.25. The lowest BCUT2D eigenvalue weighted by molar-refractivity contribution is -0.140. The Balaban J connectivity index is 2.30. The minimum Gasteiger partial charge on any atom is -0.480 e. The van der Waals surface area contributed by atoms with Gasteiger partial charge in [0, 0.05) is 20.0 Å². The van der Waals surface area contributed by atoms with Crippen molar-refractivity contribution in [2.45, 2.75) is 37.8 Å². The fourth-order valence-corrected chi connectivity index (χ4v) is 2.93. The van der Waals surface area contributed by atoms with Crippen molar-refractivity contribution < 1.29 is 14.6 Å². The monoisotopic (exact) mass is 301 g/mol. The lowest BCUT2D eigenvalue weighted by Crippen LogP contribution is -2.42. The van der Waals surface area contributed by atoms with Gasteiger partial charge in [-0.05, 0) is 17.6 Å². The summed E-state index contributed by atoms with van der Waals surface area (Å²) < 4.78 is 5.65. The van der Waals surface area contributed by atoms with Crippen molar-refractivity contribution in [3.63, 3.8) is 0 Å². The van der Waals surface area contributed by atoms with Gasteiger partial charge in [-0.25, -0.2) is 0 Å². The molecule has 2 unspecified atom stereocenters. The van der Waals surface area contributed by atoms with Gasteiger partial charge in [0.15, 0.2) is 0 Å². The highest BCUT2D eigenvalue weighted by Gasteiger charge is 2.35. The summed E-state index contributed by atoms with van der Waals surface area (Å²) in [5, 5.41) is 9.06. The van der Waals surface area contributed by atoms with E-state index in [1.807, 2.05) is 30.4 Å². The SMILES string of the molecule is CCC1=C(c2ccccc2)C=CC(CC(N)C(=O)O)(OC)C1. The number of benzene rings is 1. The van der Waals surface area contributed by atoms with Crippen LogP contribution in [0.2, 0.25) is 0 Å². The van der Waals surface area contributed by atoms with Gasteiger partial charge in [-0.3, -0.25) is 4.79 Å². The summed E-state index contributed by atoms with van der Waals surface area (Å²) in [6, 6.07) is 9.26. The van der Waals surface area contributed by atoms with Crippen molar-refractivity contribution in [1.82, 2.24) is 0 Å². The molecule has 0 amide bonds. The molecule has 1 aliphatic rings.